The summed E-state index contributed by atoms with van der Waals surface area (Å²) >= 11 is 0. The zero-order valence-corrected chi connectivity index (χ0v) is 8.79. The Bertz CT molecular complexity index is 319. The Morgan fingerprint density at radius 3 is 2.86 bits per heavy atom. The average molecular weight is 190 g/mol. The monoisotopic (exact) mass is 190 g/mol. The predicted molar refractivity (Wildman–Crippen MR) is 58.2 cm³/mol. The van der Waals surface area contributed by atoms with Gasteiger partial charge in [-0.1, -0.05) is 31.2 Å². The molecule has 0 bridgehead atoms. The van der Waals surface area contributed by atoms with Crippen molar-refractivity contribution in [2.45, 2.75) is 44.6 Å². The van der Waals surface area contributed by atoms with Crippen LogP contribution < -0.4 is 0 Å². The number of benzene rings is 1. The molecular formula is C13H18O. The molecule has 1 heteroatoms. The number of rotatable bonds is 1. The topological polar surface area (TPSA) is 20.2 Å². The molecule has 14 heavy (non-hydrogen) atoms. The van der Waals surface area contributed by atoms with Crippen LogP contribution in [0.15, 0.2) is 24.3 Å². The average Bonchev–Trinajstić information content (AvgIpc) is 2.40. The fraction of sp³-hybridized carbons (Fsp3) is 0.538. The molecule has 0 heterocycles. The van der Waals surface area contributed by atoms with Crippen molar-refractivity contribution in [2.75, 3.05) is 0 Å². The lowest BCUT2D eigenvalue weighted by atomic mass is 9.86. The summed E-state index contributed by atoms with van der Waals surface area (Å²) in [5, 5.41) is 10.5. The van der Waals surface area contributed by atoms with E-state index in [0.717, 1.165) is 25.7 Å². The van der Waals surface area contributed by atoms with Crippen molar-refractivity contribution in [3.05, 3.63) is 35.4 Å². The van der Waals surface area contributed by atoms with Gasteiger partial charge in [-0.2, -0.15) is 0 Å². The van der Waals surface area contributed by atoms with E-state index in [9.17, 15) is 5.11 Å². The smallest absolute Gasteiger partial charge is 0.0896 e. The Balaban J connectivity index is 2.47. The Morgan fingerprint density at radius 2 is 2.07 bits per heavy atom. The minimum absolute atomic E-state index is 0.562. The van der Waals surface area contributed by atoms with Crippen molar-refractivity contribution in [2.24, 2.45) is 0 Å². The molecule has 0 amide bonds. The van der Waals surface area contributed by atoms with Crippen LogP contribution in [0, 0.1) is 0 Å². The lowest BCUT2D eigenvalue weighted by molar-refractivity contribution is 0.0229. The van der Waals surface area contributed by atoms with Crippen molar-refractivity contribution in [1.29, 1.82) is 0 Å². The van der Waals surface area contributed by atoms with Crippen LogP contribution in [0.3, 0.4) is 0 Å². The summed E-state index contributed by atoms with van der Waals surface area (Å²) in [5.41, 5.74) is 1.95. The highest BCUT2D eigenvalue weighted by Gasteiger charge is 2.30. The van der Waals surface area contributed by atoms with Crippen LogP contribution in [-0.4, -0.2) is 5.11 Å². The standard InChI is InChI=1S/C13H18O/c1-2-13(14)10-6-5-8-11-7-3-4-9-12(11)13/h3-4,7,9,14H,2,5-6,8,10H2,1H3. The van der Waals surface area contributed by atoms with Crippen LogP contribution in [0.25, 0.3) is 0 Å². The maximum absolute atomic E-state index is 10.5. The van der Waals surface area contributed by atoms with Crippen LogP contribution in [-0.2, 0) is 12.0 Å². The third-order valence-corrected chi connectivity index (χ3v) is 3.39. The molecule has 1 N–H and O–H groups in total. The van der Waals surface area contributed by atoms with E-state index in [2.05, 4.69) is 25.1 Å². The van der Waals surface area contributed by atoms with E-state index < -0.39 is 5.60 Å². The first kappa shape index (κ1) is 9.72. The fourth-order valence-corrected chi connectivity index (χ4v) is 2.43. The van der Waals surface area contributed by atoms with E-state index >= 15 is 0 Å². The molecule has 0 saturated heterocycles. The van der Waals surface area contributed by atoms with Gasteiger partial charge in [0.25, 0.3) is 0 Å². The molecule has 1 aliphatic carbocycles. The Morgan fingerprint density at radius 1 is 1.29 bits per heavy atom. The highest BCUT2D eigenvalue weighted by molar-refractivity contribution is 5.33. The van der Waals surface area contributed by atoms with Crippen molar-refractivity contribution >= 4 is 0 Å². The third kappa shape index (κ3) is 1.57. The number of aryl methyl sites for hydroxylation is 1. The van der Waals surface area contributed by atoms with Crippen molar-refractivity contribution in [3.63, 3.8) is 0 Å². The summed E-state index contributed by atoms with van der Waals surface area (Å²) in [5.74, 6) is 0. The van der Waals surface area contributed by atoms with Crippen LogP contribution in [0.4, 0.5) is 0 Å². The molecular weight excluding hydrogens is 172 g/mol. The third-order valence-electron chi connectivity index (χ3n) is 3.39. The number of hydrogen-bond acceptors (Lipinski definition) is 1. The van der Waals surface area contributed by atoms with Gasteiger partial charge in [0.05, 0.1) is 5.60 Å². The Labute approximate surface area is 85.8 Å². The van der Waals surface area contributed by atoms with Crippen LogP contribution >= 0.6 is 0 Å². The molecule has 0 spiro atoms. The fourth-order valence-electron chi connectivity index (χ4n) is 2.43. The summed E-state index contributed by atoms with van der Waals surface area (Å²) in [7, 11) is 0. The van der Waals surface area contributed by atoms with E-state index in [0.29, 0.717) is 0 Å². The number of hydrogen-bond donors (Lipinski definition) is 1. The van der Waals surface area contributed by atoms with E-state index in [-0.39, 0.29) is 0 Å². The maximum atomic E-state index is 10.5. The molecule has 0 aromatic heterocycles. The zero-order chi connectivity index (χ0) is 10.0. The van der Waals surface area contributed by atoms with E-state index in [4.69, 9.17) is 0 Å². The summed E-state index contributed by atoms with van der Waals surface area (Å²) < 4.78 is 0. The van der Waals surface area contributed by atoms with Gasteiger partial charge in [0, 0.05) is 0 Å². The summed E-state index contributed by atoms with van der Waals surface area (Å²) in [6.07, 6.45) is 5.21. The molecule has 0 saturated carbocycles. The van der Waals surface area contributed by atoms with Crippen molar-refractivity contribution < 1.29 is 5.11 Å². The highest BCUT2D eigenvalue weighted by Crippen LogP contribution is 2.36. The molecule has 0 radical (unpaired) electrons. The molecule has 2 rings (SSSR count). The van der Waals surface area contributed by atoms with Gasteiger partial charge >= 0.3 is 0 Å². The minimum Gasteiger partial charge on any atom is -0.385 e. The normalized spacial score (nSPS) is 26.7. The van der Waals surface area contributed by atoms with Gasteiger partial charge in [0.15, 0.2) is 0 Å². The van der Waals surface area contributed by atoms with Crippen molar-refractivity contribution in [1.82, 2.24) is 0 Å². The van der Waals surface area contributed by atoms with Crippen LogP contribution in [0.2, 0.25) is 0 Å². The van der Waals surface area contributed by atoms with Gasteiger partial charge < -0.3 is 5.11 Å². The largest absolute Gasteiger partial charge is 0.385 e. The molecule has 1 nitrogen and oxygen atoms in total. The second kappa shape index (κ2) is 3.74. The van der Waals surface area contributed by atoms with Gasteiger partial charge in [-0.05, 0) is 43.2 Å². The molecule has 1 aliphatic rings. The van der Waals surface area contributed by atoms with E-state index in [1.54, 1.807) is 0 Å². The molecule has 1 unspecified atom stereocenters. The lowest BCUT2D eigenvalue weighted by Crippen LogP contribution is -2.24. The second-order valence-electron chi connectivity index (χ2n) is 4.25. The number of fused-ring (bicyclic) bond motifs is 1. The van der Waals surface area contributed by atoms with Crippen molar-refractivity contribution in [3.8, 4) is 0 Å². The lowest BCUT2D eigenvalue weighted by Gasteiger charge is -2.27. The van der Waals surface area contributed by atoms with Gasteiger partial charge in [0.2, 0.25) is 0 Å². The van der Waals surface area contributed by atoms with Gasteiger partial charge in [-0.15, -0.1) is 0 Å². The van der Waals surface area contributed by atoms with Gasteiger partial charge in [0.1, 0.15) is 0 Å². The molecule has 0 fully saturated rings. The Hall–Kier alpha value is -0.820. The summed E-state index contributed by atoms with van der Waals surface area (Å²) in [6.45, 7) is 2.07. The SMILES string of the molecule is CCC1(O)CCCCc2ccccc21. The molecule has 1 aromatic rings. The van der Waals surface area contributed by atoms with Crippen LogP contribution in [0.5, 0.6) is 0 Å². The predicted octanol–water partition coefficient (Wildman–Crippen LogP) is 3.01. The quantitative estimate of drug-likeness (QED) is 0.675. The minimum atomic E-state index is -0.562. The highest BCUT2D eigenvalue weighted by atomic mass is 16.3. The first-order valence-corrected chi connectivity index (χ1v) is 5.57. The molecule has 76 valence electrons. The molecule has 1 atom stereocenters. The summed E-state index contributed by atoms with van der Waals surface area (Å²) in [6, 6.07) is 8.34. The van der Waals surface area contributed by atoms with Gasteiger partial charge in [-0.25, -0.2) is 0 Å². The summed E-state index contributed by atoms with van der Waals surface area (Å²) in [4.78, 5) is 0. The zero-order valence-electron chi connectivity index (χ0n) is 8.79. The van der Waals surface area contributed by atoms with Crippen LogP contribution in [0.1, 0.15) is 43.7 Å². The van der Waals surface area contributed by atoms with Gasteiger partial charge in [-0.3, -0.25) is 0 Å². The second-order valence-corrected chi connectivity index (χ2v) is 4.25. The van der Waals surface area contributed by atoms with E-state index in [1.807, 2.05) is 6.07 Å². The molecule has 1 aromatic carbocycles. The number of aliphatic hydroxyl groups is 1. The molecule has 0 aliphatic heterocycles. The first-order valence-electron chi connectivity index (χ1n) is 5.57. The Kier molecular flexibility index (Phi) is 2.60. The van der Waals surface area contributed by atoms with E-state index in [1.165, 1.54) is 17.5 Å². The first-order chi connectivity index (χ1) is 6.76. The maximum Gasteiger partial charge on any atom is 0.0896 e.